The highest BCUT2D eigenvalue weighted by atomic mass is 19.1. The number of ether oxygens (including phenoxy) is 1. The van der Waals surface area contributed by atoms with E-state index in [1.165, 1.54) is 31.3 Å². The third-order valence-corrected chi connectivity index (χ3v) is 7.58. The Bertz CT molecular complexity index is 1720. The molecule has 2 N–H and O–H groups in total. The molecule has 0 heterocycles. The molecule has 238 valence electrons. The number of hydrogen-bond donors (Lipinski definition) is 2. The Labute approximate surface area is 269 Å². The third kappa shape index (κ3) is 9.17. The van der Waals surface area contributed by atoms with Gasteiger partial charge in [0.25, 0.3) is 0 Å². The van der Waals surface area contributed by atoms with E-state index in [2.05, 4.69) is 34.7 Å². The van der Waals surface area contributed by atoms with Gasteiger partial charge < -0.3 is 15.4 Å². The number of rotatable bonds is 14. The zero-order valence-corrected chi connectivity index (χ0v) is 26.6. The minimum Gasteiger partial charge on any atom is -0.489 e. The summed E-state index contributed by atoms with van der Waals surface area (Å²) in [4.78, 5) is 39.0. The van der Waals surface area contributed by atoms with E-state index in [4.69, 9.17) is 4.74 Å². The number of hydrogen-bond acceptors (Lipinski definition) is 6. The molecule has 1 unspecified atom stereocenters. The molecule has 0 saturated carbocycles. The Hall–Kier alpha value is -5.18. The molecule has 1 atom stereocenters. The van der Waals surface area contributed by atoms with Gasteiger partial charge in [-0.15, -0.1) is 4.91 Å². The number of nitrogens with zero attached hydrogens (tertiary/aromatic N) is 2. The summed E-state index contributed by atoms with van der Waals surface area (Å²) in [6.07, 6.45) is 5.36. The summed E-state index contributed by atoms with van der Waals surface area (Å²) in [5, 5.41) is 8.79. The average Bonchev–Trinajstić information content (AvgIpc) is 3.05. The molecule has 2 amide bonds. The second-order valence-corrected chi connectivity index (χ2v) is 11.2. The summed E-state index contributed by atoms with van der Waals surface area (Å²) >= 11 is 0. The van der Waals surface area contributed by atoms with Crippen molar-refractivity contribution < 1.29 is 18.7 Å². The van der Waals surface area contributed by atoms with Crippen molar-refractivity contribution >= 4 is 35.1 Å². The molecule has 0 radical (unpaired) electrons. The lowest BCUT2D eigenvalue weighted by atomic mass is 9.98. The monoisotopic (exact) mass is 622 g/mol. The number of carbonyl (C=O) groups excluding carboxylic acids is 2. The highest BCUT2D eigenvalue weighted by molar-refractivity contribution is 5.97. The van der Waals surface area contributed by atoms with Crippen LogP contribution in [0, 0.1) is 17.6 Å². The van der Waals surface area contributed by atoms with E-state index in [0.29, 0.717) is 22.8 Å². The van der Waals surface area contributed by atoms with Gasteiger partial charge in [0.2, 0.25) is 5.91 Å². The number of nitroso groups, excluding NO2 is 1. The van der Waals surface area contributed by atoms with Crippen LogP contribution in [-0.4, -0.2) is 24.1 Å². The van der Waals surface area contributed by atoms with Crippen LogP contribution in [-0.2, 0) is 11.4 Å². The van der Waals surface area contributed by atoms with E-state index in [1.807, 2.05) is 49.4 Å². The van der Waals surface area contributed by atoms with Gasteiger partial charge in [0.1, 0.15) is 18.2 Å². The SMILES string of the molecule is CCCCC(CC)Nc1ccc(C(=O)N=O)cc1N=Cc1ccc(OCc2cc(NC(C)=O)ccc2-c2ccc(C)cc2)cc1F. The summed E-state index contributed by atoms with van der Waals surface area (Å²) < 4.78 is 21.3. The molecule has 0 aliphatic heterocycles. The lowest BCUT2D eigenvalue weighted by molar-refractivity contribution is -0.114. The summed E-state index contributed by atoms with van der Waals surface area (Å²) in [6.45, 7) is 7.83. The number of nitrogens with one attached hydrogen (secondary N) is 2. The van der Waals surface area contributed by atoms with Crippen molar-refractivity contribution in [3.05, 3.63) is 112 Å². The van der Waals surface area contributed by atoms with Crippen molar-refractivity contribution in [3.63, 3.8) is 0 Å². The summed E-state index contributed by atoms with van der Waals surface area (Å²) in [6, 6.07) is 23.1. The lowest BCUT2D eigenvalue weighted by Crippen LogP contribution is -2.18. The number of aliphatic imine (C=N–C) groups is 1. The fourth-order valence-corrected chi connectivity index (χ4v) is 5.01. The van der Waals surface area contributed by atoms with Gasteiger partial charge in [-0.05, 0) is 78.9 Å². The van der Waals surface area contributed by atoms with Gasteiger partial charge in [0.15, 0.2) is 0 Å². The molecule has 46 heavy (non-hydrogen) atoms. The first-order chi connectivity index (χ1) is 22.2. The topological polar surface area (TPSA) is 109 Å². The van der Waals surface area contributed by atoms with E-state index >= 15 is 4.39 Å². The smallest absolute Gasteiger partial charge is 0.316 e. The summed E-state index contributed by atoms with van der Waals surface area (Å²) in [7, 11) is 0. The molecule has 4 rings (SSSR count). The number of benzene rings is 4. The Morgan fingerprint density at radius 2 is 1.76 bits per heavy atom. The predicted octanol–water partition coefficient (Wildman–Crippen LogP) is 9.38. The van der Waals surface area contributed by atoms with Gasteiger partial charge in [0.05, 0.1) is 11.4 Å². The Morgan fingerprint density at radius 3 is 2.43 bits per heavy atom. The van der Waals surface area contributed by atoms with Crippen molar-refractivity contribution in [2.24, 2.45) is 10.2 Å². The molecular formula is C37H39FN4O4. The van der Waals surface area contributed by atoms with Gasteiger partial charge >= 0.3 is 5.91 Å². The number of aryl methyl sites for hydroxylation is 1. The van der Waals surface area contributed by atoms with Gasteiger partial charge in [-0.3, -0.25) is 14.6 Å². The molecule has 4 aromatic carbocycles. The number of carbonyl (C=O) groups is 2. The Morgan fingerprint density at radius 1 is 0.978 bits per heavy atom. The van der Waals surface area contributed by atoms with Crippen molar-refractivity contribution in [1.29, 1.82) is 0 Å². The molecule has 0 aromatic heterocycles. The van der Waals surface area contributed by atoms with Crippen LogP contribution in [0.3, 0.4) is 0 Å². The molecule has 0 saturated heterocycles. The minimum atomic E-state index is -0.901. The average molecular weight is 623 g/mol. The van der Waals surface area contributed by atoms with Crippen molar-refractivity contribution in [2.75, 3.05) is 10.6 Å². The van der Waals surface area contributed by atoms with Crippen molar-refractivity contribution in [3.8, 4) is 16.9 Å². The van der Waals surface area contributed by atoms with Crippen LogP contribution >= 0.6 is 0 Å². The quantitative estimate of drug-likeness (QED) is 0.108. The zero-order chi connectivity index (χ0) is 33.1. The second kappa shape index (κ2) is 16.2. The van der Waals surface area contributed by atoms with Crippen LogP contribution < -0.4 is 15.4 Å². The molecule has 4 aromatic rings. The molecule has 0 aliphatic rings. The number of halogens is 1. The standard InChI is InChI=1S/C37H39FN4O4/c1-5-7-8-30(6-2)41-35-18-14-27(37(44)42-45)20-36(35)39-22-28-13-16-32(21-34(28)38)46-23-29-19-31(40-25(4)43)15-17-33(29)26-11-9-24(3)10-12-26/h9-22,30,41H,5-8,23H2,1-4H3,(H,40,43). The summed E-state index contributed by atoms with van der Waals surface area (Å²) in [5.41, 5.74) is 5.92. The van der Waals surface area contributed by atoms with Gasteiger partial charge in [-0.1, -0.05) is 62.6 Å². The van der Waals surface area contributed by atoms with E-state index in [0.717, 1.165) is 47.9 Å². The highest BCUT2D eigenvalue weighted by Crippen LogP contribution is 2.31. The van der Waals surface area contributed by atoms with Crippen molar-refractivity contribution in [2.45, 2.75) is 66.0 Å². The van der Waals surface area contributed by atoms with Crippen LogP contribution in [0.1, 0.15) is 73.5 Å². The first-order valence-corrected chi connectivity index (χ1v) is 15.4. The number of unbranched alkanes of at least 4 members (excludes halogenated alkanes) is 1. The number of anilines is 2. The molecule has 0 spiro atoms. The maximum absolute atomic E-state index is 15.3. The van der Waals surface area contributed by atoms with Gasteiger partial charge in [-0.25, -0.2) is 4.39 Å². The Balaban J connectivity index is 1.56. The van der Waals surface area contributed by atoms with E-state index in [9.17, 15) is 14.5 Å². The molecular weight excluding hydrogens is 583 g/mol. The van der Waals surface area contributed by atoms with Gasteiger partial charge in [0, 0.05) is 47.2 Å². The third-order valence-electron chi connectivity index (χ3n) is 7.58. The maximum atomic E-state index is 15.3. The highest BCUT2D eigenvalue weighted by Gasteiger charge is 2.14. The van der Waals surface area contributed by atoms with E-state index in [-0.39, 0.29) is 29.7 Å². The van der Waals surface area contributed by atoms with Crippen LogP contribution in [0.15, 0.2) is 89.0 Å². The van der Waals surface area contributed by atoms with Gasteiger partial charge in [-0.2, -0.15) is 0 Å². The zero-order valence-electron chi connectivity index (χ0n) is 26.6. The normalized spacial score (nSPS) is 11.7. The van der Waals surface area contributed by atoms with Crippen LogP contribution in [0.5, 0.6) is 5.75 Å². The molecule has 0 bridgehead atoms. The van der Waals surface area contributed by atoms with Crippen LogP contribution in [0.2, 0.25) is 0 Å². The lowest BCUT2D eigenvalue weighted by Gasteiger charge is -2.19. The van der Waals surface area contributed by atoms with Crippen molar-refractivity contribution in [1.82, 2.24) is 0 Å². The Kier molecular flexibility index (Phi) is 11.9. The largest absolute Gasteiger partial charge is 0.489 e. The minimum absolute atomic E-state index is 0.103. The fourth-order valence-electron chi connectivity index (χ4n) is 5.01. The van der Waals surface area contributed by atoms with E-state index in [1.54, 1.807) is 18.2 Å². The molecule has 8 nitrogen and oxygen atoms in total. The molecule has 0 aliphatic carbocycles. The first kappa shape index (κ1) is 33.7. The fraction of sp³-hybridized carbons (Fsp3) is 0.270. The molecule has 0 fully saturated rings. The van der Waals surface area contributed by atoms with Crippen LogP contribution in [0.4, 0.5) is 21.5 Å². The van der Waals surface area contributed by atoms with Crippen LogP contribution in [0.25, 0.3) is 11.1 Å². The predicted molar refractivity (Wildman–Crippen MR) is 183 cm³/mol. The first-order valence-electron chi connectivity index (χ1n) is 15.4. The number of amides is 2. The maximum Gasteiger partial charge on any atom is 0.316 e. The second-order valence-electron chi connectivity index (χ2n) is 11.2. The summed E-state index contributed by atoms with van der Waals surface area (Å²) in [5.74, 6) is -1.31. The molecule has 9 heteroatoms. The van der Waals surface area contributed by atoms with E-state index < -0.39 is 11.7 Å².